The third kappa shape index (κ3) is 5.57. The summed E-state index contributed by atoms with van der Waals surface area (Å²) in [5.74, 6) is 2.95. The number of methoxy groups -OCH3 is 5. The van der Waals surface area contributed by atoms with Crippen molar-refractivity contribution < 1.29 is 23.7 Å². The van der Waals surface area contributed by atoms with E-state index in [1.165, 1.54) is 0 Å². The molecule has 32 heavy (non-hydrogen) atoms. The molecule has 2 rings (SSSR count). The van der Waals surface area contributed by atoms with Gasteiger partial charge in [-0.15, -0.1) is 0 Å². The Hall–Kier alpha value is -3.11. The van der Waals surface area contributed by atoms with E-state index >= 15 is 0 Å². The predicted octanol–water partition coefficient (Wildman–Crippen LogP) is 4.25. The van der Waals surface area contributed by atoms with E-state index in [0.29, 0.717) is 41.6 Å². The van der Waals surface area contributed by atoms with E-state index in [2.05, 4.69) is 6.07 Å². The zero-order chi connectivity index (χ0) is 23.7. The summed E-state index contributed by atoms with van der Waals surface area (Å²) in [6.45, 7) is 1.91. The number of benzene rings is 2. The van der Waals surface area contributed by atoms with Crippen LogP contribution in [-0.2, 0) is 11.8 Å². The van der Waals surface area contributed by atoms with Crippen molar-refractivity contribution in [2.75, 3.05) is 35.5 Å². The van der Waals surface area contributed by atoms with Crippen LogP contribution >= 0.6 is 0 Å². The fourth-order valence-electron chi connectivity index (χ4n) is 3.92. The Morgan fingerprint density at radius 2 is 1.50 bits per heavy atom. The highest BCUT2D eigenvalue weighted by molar-refractivity contribution is 5.59. The maximum Gasteiger partial charge on any atom is 0.203 e. The van der Waals surface area contributed by atoms with Crippen LogP contribution in [0.25, 0.3) is 0 Å². The number of hydrogen-bond acceptors (Lipinski definition) is 7. The maximum atomic E-state index is 10.0. The molecule has 0 saturated carbocycles. The first-order valence-corrected chi connectivity index (χ1v) is 10.5. The Labute approximate surface area is 191 Å². The second-order valence-electron chi connectivity index (χ2n) is 7.87. The maximum absolute atomic E-state index is 10.0. The van der Waals surface area contributed by atoms with Gasteiger partial charge in [0, 0.05) is 11.6 Å². The lowest BCUT2D eigenvalue weighted by Gasteiger charge is -2.26. The van der Waals surface area contributed by atoms with E-state index in [9.17, 15) is 5.26 Å². The Morgan fingerprint density at radius 3 is 2.06 bits per heavy atom. The van der Waals surface area contributed by atoms with Crippen LogP contribution in [0.4, 0.5) is 0 Å². The molecule has 2 N–H and O–H groups in total. The van der Waals surface area contributed by atoms with Crippen molar-refractivity contribution >= 4 is 0 Å². The Bertz CT molecular complexity index is 941. The molecule has 0 aromatic heterocycles. The van der Waals surface area contributed by atoms with Crippen LogP contribution < -0.4 is 29.4 Å². The summed E-state index contributed by atoms with van der Waals surface area (Å²) in [4.78, 5) is 0. The standard InChI is InChI=1S/C25H34N2O5/c1-25(16-26,19-10-12-21(29-3)24(32-6)23(19)31-5)13-7-8-18(27)14-17-9-11-20(28-2)22(15-17)30-4/h9-12,15,18H,7-8,13-14,27H2,1-6H3. The minimum Gasteiger partial charge on any atom is -0.493 e. The smallest absolute Gasteiger partial charge is 0.203 e. The molecule has 2 aromatic rings. The molecule has 2 unspecified atom stereocenters. The fourth-order valence-corrected chi connectivity index (χ4v) is 3.92. The molecule has 0 spiro atoms. The second kappa shape index (κ2) is 11.5. The average Bonchev–Trinajstić information content (AvgIpc) is 2.82. The second-order valence-corrected chi connectivity index (χ2v) is 7.87. The molecule has 0 radical (unpaired) electrons. The van der Waals surface area contributed by atoms with Crippen LogP contribution in [0.15, 0.2) is 30.3 Å². The third-order valence-corrected chi connectivity index (χ3v) is 5.74. The zero-order valence-electron chi connectivity index (χ0n) is 19.9. The van der Waals surface area contributed by atoms with Gasteiger partial charge in [0.05, 0.1) is 47.0 Å². The van der Waals surface area contributed by atoms with Crippen molar-refractivity contribution in [1.82, 2.24) is 0 Å². The van der Waals surface area contributed by atoms with Gasteiger partial charge in [0.2, 0.25) is 5.75 Å². The Balaban J connectivity index is 2.10. The lowest BCUT2D eigenvalue weighted by molar-refractivity contribution is 0.317. The minimum atomic E-state index is -0.756. The number of hydrogen-bond donors (Lipinski definition) is 1. The van der Waals surface area contributed by atoms with Gasteiger partial charge in [0.15, 0.2) is 23.0 Å². The molecule has 2 atom stereocenters. The largest absolute Gasteiger partial charge is 0.493 e. The summed E-state index contributed by atoms with van der Waals surface area (Å²) < 4.78 is 27.1. The van der Waals surface area contributed by atoms with Crippen LogP contribution in [0.3, 0.4) is 0 Å². The summed E-state index contributed by atoms with van der Waals surface area (Å²) in [6, 6.07) is 11.9. The number of nitrogens with two attached hydrogens (primary N) is 1. The molecule has 0 aliphatic rings. The molecule has 0 amide bonds. The fraction of sp³-hybridized carbons (Fsp3) is 0.480. The highest BCUT2D eigenvalue weighted by Crippen LogP contribution is 2.45. The Kier molecular flexibility index (Phi) is 9.03. The molecular weight excluding hydrogens is 408 g/mol. The van der Waals surface area contributed by atoms with Gasteiger partial charge < -0.3 is 29.4 Å². The lowest BCUT2D eigenvalue weighted by atomic mass is 9.78. The molecule has 0 aliphatic carbocycles. The quantitative estimate of drug-likeness (QED) is 0.525. The number of rotatable bonds is 12. The molecule has 0 fully saturated rings. The van der Waals surface area contributed by atoms with E-state index in [1.807, 2.05) is 31.2 Å². The number of ether oxygens (including phenoxy) is 5. The average molecular weight is 443 g/mol. The molecule has 0 bridgehead atoms. The van der Waals surface area contributed by atoms with E-state index in [0.717, 1.165) is 24.0 Å². The molecule has 0 heterocycles. The molecular formula is C25H34N2O5. The van der Waals surface area contributed by atoms with Crippen LogP contribution in [-0.4, -0.2) is 41.6 Å². The van der Waals surface area contributed by atoms with Crippen molar-refractivity contribution in [3.63, 3.8) is 0 Å². The van der Waals surface area contributed by atoms with E-state index in [1.54, 1.807) is 41.6 Å². The molecule has 0 aliphatic heterocycles. The Morgan fingerprint density at radius 1 is 0.875 bits per heavy atom. The van der Waals surface area contributed by atoms with Gasteiger partial charge in [-0.3, -0.25) is 0 Å². The summed E-state index contributed by atoms with van der Waals surface area (Å²) in [6.07, 6.45) is 2.91. The number of nitriles is 1. The molecule has 2 aromatic carbocycles. The van der Waals surface area contributed by atoms with Gasteiger partial charge in [-0.1, -0.05) is 6.07 Å². The van der Waals surface area contributed by atoms with Crippen molar-refractivity contribution in [1.29, 1.82) is 5.26 Å². The molecule has 174 valence electrons. The van der Waals surface area contributed by atoms with Crippen molar-refractivity contribution in [2.45, 2.75) is 44.1 Å². The van der Waals surface area contributed by atoms with Gasteiger partial charge in [0.25, 0.3) is 0 Å². The number of nitrogens with zero attached hydrogens (tertiary/aromatic N) is 1. The van der Waals surface area contributed by atoms with E-state index < -0.39 is 5.41 Å². The topological polar surface area (TPSA) is 96.0 Å². The summed E-state index contributed by atoms with van der Waals surface area (Å²) >= 11 is 0. The molecule has 0 saturated heterocycles. The molecule has 7 nitrogen and oxygen atoms in total. The highest BCUT2D eigenvalue weighted by atomic mass is 16.5. The van der Waals surface area contributed by atoms with Crippen molar-refractivity contribution in [3.8, 4) is 34.8 Å². The van der Waals surface area contributed by atoms with Gasteiger partial charge in [0.1, 0.15) is 0 Å². The normalized spacial score (nSPS) is 13.4. The van der Waals surface area contributed by atoms with Gasteiger partial charge in [-0.25, -0.2) is 0 Å². The first-order chi connectivity index (χ1) is 15.4. The van der Waals surface area contributed by atoms with Gasteiger partial charge in [-0.05, 0) is 62.4 Å². The van der Waals surface area contributed by atoms with Gasteiger partial charge in [-0.2, -0.15) is 5.26 Å². The first-order valence-electron chi connectivity index (χ1n) is 10.5. The van der Waals surface area contributed by atoms with Crippen LogP contribution in [0, 0.1) is 11.3 Å². The summed E-state index contributed by atoms with van der Waals surface area (Å²) in [5.41, 5.74) is 7.50. The van der Waals surface area contributed by atoms with E-state index in [4.69, 9.17) is 29.4 Å². The first kappa shape index (κ1) is 25.2. The van der Waals surface area contributed by atoms with Crippen LogP contribution in [0.1, 0.15) is 37.3 Å². The van der Waals surface area contributed by atoms with E-state index in [-0.39, 0.29) is 6.04 Å². The lowest BCUT2D eigenvalue weighted by Crippen LogP contribution is -2.25. The molecule has 7 heteroatoms. The zero-order valence-corrected chi connectivity index (χ0v) is 19.9. The van der Waals surface area contributed by atoms with Crippen molar-refractivity contribution in [3.05, 3.63) is 41.5 Å². The third-order valence-electron chi connectivity index (χ3n) is 5.74. The van der Waals surface area contributed by atoms with Crippen LogP contribution in [0.2, 0.25) is 0 Å². The highest BCUT2D eigenvalue weighted by Gasteiger charge is 2.32. The predicted molar refractivity (Wildman–Crippen MR) is 124 cm³/mol. The van der Waals surface area contributed by atoms with Gasteiger partial charge >= 0.3 is 0 Å². The van der Waals surface area contributed by atoms with Crippen LogP contribution in [0.5, 0.6) is 28.7 Å². The SMILES string of the molecule is COc1ccc(CC(N)CCCC(C)(C#N)c2ccc(OC)c(OC)c2OC)cc1OC. The summed E-state index contributed by atoms with van der Waals surface area (Å²) in [5, 5.41) is 10.0. The minimum absolute atomic E-state index is 0.0386. The monoisotopic (exact) mass is 442 g/mol. The summed E-state index contributed by atoms with van der Waals surface area (Å²) in [7, 11) is 7.93. The van der Waals surface area contributed by atoms with Crippen molar-refractivity contribution in [2.24, 2.45) is 5.73 Å².